The number of carbonyl (C=O) groups excluding carboxylic acids is 1. The lowest BCUT2D eigenvalue weighted by Gasteiger charge is -2.37. The zero-order valence-corrected chi connectivity index (χ0v) is 13.1. The van der Waals surface area contributed by atoms with E-state index in [4.69, 9.17) is 5.73 Å². The monoisotopic (exact) mass is 290 g/mol. The lowest BCUT2D eigenvalue weighted by atomic mass is 10.2. The Labute approximate surface area is 126 Å². The summed E-state index contributed by atoms with van der Waals surface area (Å²) in [7, 11) is 0. The van der Waals surface area contributed by atoms with Gasteiger partial charge in [0.05, 0.1) is 5.69 Å². The van der Waals surface area contributed by atoms with Crippen molar-refractivity contribution >= 4 is 11.6 Å². The van der Waals surface area contributed by atoms with Gasteiger partial charge in [0.2, 0.25) is 0 Å². The van der Waals surface area contributed by atoms with Crippen molar-refractivity contribution in [3.63, 3.8) is 0 Å². The van der Waals surface area contributed by atoms with Crippen molar-refractivity contribution in [1.82, 2.24) is 14.4 Å². The van der Waals surface area contributed by atoms with E-state index in [9.17, 15) is 4.79 Å². The predicted molar refractivity (Wildman–Crippen MR) is 84.3 cm³/mol. The molecule has 21 heavy (non-hydrogen) atoms. The van der Waals surface area contributed by atoms with E-state index in [-0.39, 0.29) is 5.91 Å². The molecule has 0 spiro atoms. The van der Waals surface area contributed by atoms with Gasteiger partial charge < -0.3 is 15.2 Å². The topological polar surface area (TPSA) is 54.5 Å². The summed E-state index contributed by atoms with van der Waals surface area (Å²) in [6.07, 6.45) is 5.40. The normalized spacial score (nSPS) is 21.5. The van der Waals surface area contributed by atoms with Gasteiger partial charge in [-0.1, -0.05) is 6.92 Å². The predicted octanol–water partition coefficient (Wildman–Crippen LogP) is 1.96. The van der Waals surface area contributed by atoms with Crippen molar-refractivity contribution in [3.8, 4) is 0 Å². The number of rotatable bonds is 4. The molecule has 116 valence electrons. The molecule has 2 heterocycles. The third-order valence-corrected chi connectivity index (χ3v) is 4.84. The maximum absolute atomic E-state index is 12.7. The number of piperazine rings is 1. The fraction of sp³-hybridized carbons (Fsp3) is 0.688. The van der Waals surface area contributed by atoms with Crippen molar-refractivity contribution in [2.24, 2.45) is 0 Å². The Morgan fingerprint density at radius 3 is 2.57 bits per heavy atom. The number of aromatic nitrogens is 1. The van der Waals surface area contributed by atoms with Gasteiger partial charge in [0.25, 0.3) is 5.91 Å². The van der Waals surface area contributed by atoms with Crippen LogP contribution in [0.15, 0.2) is 12.3 Å². The largest absolute Gasteiger partial charge is 0.397 e. The molecule has 5 heteroatoms. The molecule has 5 nitrogen and oxygen atoms in total. The number of amides is 1. The molecule has 1 aromatic heterocycles. The number of anilines is 1. The minimum atomic E-state index is 0.141. The number of hydrogen-bond acceptors (Lipinski definition) is 3. The Morgan fingerprint density at radius 1 is 1.33 bits per heavy atom. The molecule has 1 aromatic rings. The molecule has 1 unspecified atom stereocenters. The minimum Gasteiger partial charge on any atom is -0.397 e. The molecule has 2 N–H and O–H groups in total. The lowest BCUT2D eigenvalue weighted by molar-refractivity contribution is 0.0569. The summed E-state index contributed by atoms with van der Waals surface area (Å²) in [5.41, 5.74) is 7.36. The number of carbonyl (C=O) groups is 1. The van der Waals surface area contributed by atoms with Gasteiger partial charge in [-0.05, 0) is 32.3 Å². The second-order valence-corrected chi connectivity index (χ2v) is 6.38. The highest BCUT2D eigenvalue weighted by atomic mass is 16.2. The molecule has 0 aromatic carbocycles. The Kier molecular flexibility index (Phi) is 3.93. The third-order valence-electron chi connectivity index (χ3n) is 4.84. The summed E-state index contributed by atoms with van der Waals surface area (Å²) < 4.78 is 2.08. The summed E-state index contributed by atoms with van der Waals surface area (Å²) >= 11 is 0. The molecular formula is C16H26N4O. The van der Waals surface area contributed by atoms with Gasteiger partial charge >= 0.3 is 0 Å². The van der Waals surface area contributed by atoms with Crippen LogP contribution >= 0.6 is 0 Å². The van der Waals surface area contributed by atoms with Crippen LogP contribution < -0.4 is 5.73 Å². The van der Waals surface area contributed by atoms with Crippen LogP contribution in [0.3, 0.4) is 0 Å². The Balaban J connectivity index is 1.67. The number of nitrogen functional groups attached to an aromatic ring is 1. The smallest absolute Gasteiger partial charge is 0.270 e. The molecule has 0 radical (unpaired) electrons. The zero-order valence-electron chi connectivity index (χ0n) is 13.1. The third kappa shape index (κ3) is 2.93. The van der Waals surface area contributed by atoms with Crippen LogP contribution in [0.25, 0.3) is 0 Å². The average molecular weight is 290 g/mol. The van der Waals surface area contributed by atoms with Crippen molar-refractivity contribution in [2.45, 2.75) is 45.2 Å². The molecule has 1 amide bonds. The SMILES string of the molecule is CCC(C)N1CCN(C(=O)c2cc(N)cn2C2CC2)CC1. The minimum absolute atomic E-state index is 0.141. The van der Waals surface area contributed by atoms with Gasteiger partial charge in [0.15, 0.2) is 0 Å². The molecule has 1 aliphatic carbocycles. The van der Waals surface area contributed by atoms with Crippen molar-refractivity contribution < 1.29 is 4.79 Å². The first kappa shape index (κ1) is 14.4. The molecule has 3 rings (SSSR count). The summed E-state index contributed by atoms with van der Waals surface area (Å²) in [5, 5.41) is 0. The van der Waals surface area contributed by atoms with E-state index in [1.54, 1.807) is 0 Å². The summed E-state index contributed by atoms with van der Waals surface area (Å²) in [4.78, 5) is 17.2. The molecule has 1 aliphatic heterocycles. The van der Waals surface area contributed by atoms with Crippen LogP contribution in [-0.4, -0.2) is 52.5 Å². The van der Waals surface area contributed by atoms with E-state index in [0.717, 1.165) is 51.1 Å². The van der Waals surface area contributed by atoms with Crippen LogP contribution in [0.1, 0.15) is 49.6 Å². The number of hydrogen-bond donors (Lipinski definition) is 1. The van der Waals surface area contributed by atoms with Crippen molar-refractivity contribution in [3.05, 3.63) is 18.0 Å². The van der Waals surface area contributed by atoms with Crippen molar-refractivity contribution in [1.29, 1.82) is 0 Å². The number of nitrogens with zero attached hydrogens (tertiary/aromatic N) is 3. The highest BCUT2D eigenvalue weighted by Gasteiger charge is 2.31. The molecule has 2 aliphatic rings. The molecular weight excluding hydrogens is 264 g/mol. The van der Waals surface area contributed by atoms with E-state index in [1.807, 2.05) is 17.2 Å². The van der Waals surface area contributed by atoms with Gasteiger partial charge in [-0.15, -0.1) is 0 Å². The second-order valence-electron chi connectivity index (χ2n) is 6.38. The van der Waals surface area contributed by atoms with Crippen LogP contribution in [0, 0.1) is 0 Å². The van der Waals surface area contributed by atoms with E-state index >= 15 is 0 Å². The molecule has 2 fully saturated rings. The van der Waals surface area contributed by atoms with Crippen LogP contribution in [0.4, 0.5) is 5.69 Å². The quantitative estimate of drug-likeness (QED) is 0.922. The first-order chi connectivity index (χ1) is 10.1. The lowest BCUT2D eigenvalue weighted by Crippen LogP contribution is -2.51. The fourth-order valence-corrected chi connectivity index (χ4v) is 3.11. The Morgan fingerprint density at radius 2 is 2.00 bits per heavy atom. The Hall–Kier alpha value is -1.49. The first-order valence-electron chi connectivity index (χ1n) is 8.10. The maximum atomic E-state index is 12.7. The molecule has 1 saturated carbocycles. The van der Waals surface area contributed by atoms with E-state index in [2.05, 4.69) is 23.3 Å². The van der Waals surface area contributed by atoms with E-state index in [0.29, 0.717) is 17.8 Å². The van der Waals surface area contributed by atoms with Crippen LogP contribution in [0.2, 0.25) is 0 Å². The average Bonchev–Trinajstić information content (AvgIpc) is 3.28. The highest BCUT2D eigenvalue weighted by Crippen LogP contribution is 2.37. The van der Waals surface area contributed by atoms with Gasteiger partial charge in [0, 0.05) is 44.5 Å². The van der Waals surface area contributed by atoms with Crippen LogP contribution in [0.5, 0.6) is 0 Å². The van der Waals surface area contributed by atoms with Crippen molar-refractivity contribution in [2.75, 3.05) is 31.9 Å². The molecule has 1 atom stereocenters. The van der Waals surface area contributed by atoms with Gasteiger partial charge in [-0.2, -0.15) is 0 Å². The zero-order chi connectivity index (χ0) is 15.0. The van der Waals surface area contributed by atoms with Crippen LogP contribution in [-0.2, 0) is 0 Å². The van der Waals surface area contributed by atoms with E-state index < -0.39 is 0 Å². The maximum Gasteiger partial charge on any atom is 0.270 e. The van der Waals surface area contributed by atoms with Gasteiger partial charge in [0.1, 0.15) is 5.69 Å². The highest BCUT2D eigenvalue weighted by molar-refractivity contribution is 5.94. The summed E-state index contributed by atoms with van der Waals surface area (Å²) in [6.45, 7) is 8.06. The van der Waals surface area contributed by atoms with E-state index in [1.165, 1.54) is 0 Å². The first-order valence-corrected chi connectivity index (χ1v) is 8.10. The molecule has 0 bridgehead atoms. The number of nitrogens with two attached hydrogens (primary N) is 1. The van der Waals surface area contributed by atoms with Gasteiger partial charge in [-0.25, -0.2) is 0 Å². The second kappa shape index (κ2) is 5.72. The summed E-state index contributed by atoms with van der Waals surface area (Å²) in [6, 6.07) is 2.93. The molecule has 1 saturated heterocycles. The summed E-state index contributed by atoms with van der Waals surface area (Å²) in [5.74, 6) is 0.141. The Bertz CT molecular complexity index is 512. The fourth-order valence-electron chi connectivity index (χ4n) is 3.11. The van der Waals surface area contributed by atoms with Gasteiger partial charge in [-0.3, -0.25) is 9.69 Å². The standard InChI is InChI=1S/C16H26N4O/c1-3-12(2)18-6-8-19(9-7-18)16(21)15-10-13(17)11-20(15)14-4-5-14/h10-12,14H,3-9,17H2,1-2H3.